The number of carbonyl (C=O) groups is 1. The largest absolute Gasteiger partial charge is 0.618 e. The summed E-state index contributed by atoms with van der Waals surface area (Å²) in [5.74, 6) is 1.14. The first-order valence-electron chi connectivity index (χ1n) is 7.64. The number of thioether (sulfide) groups is 1. The molecular formula is C17H20N2O4S. The molecule has 1 N–H and O–H groups in total. The van der Waals surface area contributed by atoms with Gasteiger partial charge in [0, 0.05) is 18.2 Å². The lowest BCUT2D eigenvalue weighted by molar-refractivity contribution is -0.645. The van der Waals surface area contributed by atoms with Crippen LogP contribution in [0.15, 0.2) is 47.6 Å². The van der Waals surface area contributed by atoms with Gasteiger partial charge in [-0.15, -0.1) is 0 Å². The minimum Gasteiger partial charge on any atom is -0.618 e. The topological polar surface area (TPSA) is 74.5 Å². The minimum atomic E-state index is -0.224. The molecule has 0 radical (unpaired) electrons. The number of aromatic nitrogens is 1. The predicted octanol–water partition coefficient (Wildman–Crippen LogP) is 2.85. The van der Waals surface area contributed by atoms with Gasteiger partial charge in [-0.2, -0.15) is 4.73 Å². The lowest BCUT2D eigenvalue weighted by Crippen LogP contribution is -2.28. The third-order valence-electron chi connectivity index (χ3n) is 2.98. The second kappa shape index (κ2) is 9.02. The Bertz CT molecular complexity index is 694. The van der Waals surface area contributed by atoms with Gasteiger partial charge in [-0.1, -0.05) is 0 Å². The number of pyridine rings is 1. The molecule has 1 amide bonds. The van der Waals surface area contributed by atoms with E-state index in [0.717, 1.165) is 4.73 Å². The Hall–Kier alpha value is -2.41. The van der Waals surface area contributed by atoms with Gasteiger partial charge >= 0.3 is 0 Å². The van der Waals surface area contributed by atoms with Gasteiger partial charge in [-0.05, 0) is 43.8 Å². The highest BCUT2D eigenvalue weighted by Crippen LogP contribution is 2.29. The first kappa shape index (κ1) is 17.9. The standard InChI is InChI=1S/C17H20N2O4S/c1-3-22-13-8-9-15(23-4-2)14(11-13)18-16(20)12-24-17-7-5-6-10-19(17)21/h5-11H,3-4,12H2,1-2H3,(H,18,20). The van der Waals surface area contributed by atoms with E-state index >= 15 is 0 Å². The third-order valence-corrected chi connectivity index (χ3v) is 3.99. The van der Waals surface area contributed by atoms with Crippen molar-refractivity contribution < 1.29 is 19.0 Å². The van der Waals surface area contributed by atoms with Crippen LogP contribution in [0.5, 0.6) is 11.5 Å². The predicted molar refractivity (Wildman–Crippen MR) is 93.5 cm³/mol. The average molecular weight is 348 g/mol. The van der Waals surface area contributed by atoms with Gasteiger partial charge in [0.05, 0.1) is 24.7 Å². The van der Waals surface area contributed by atoms with Gasteiger partial charge in [0.1, 0.15) is 11.5 Å². The molecule has 0 atom stereocenters. The molecule has 0 spiro atoms. The number of anilines is 1. The summed E-state index contributed by atoms with van der Waals surface area (Å²) < 4.78 is 11.7. The van der Waals surface area contributed by atoms with Crippen LogP contribution in [0, 0.1) is 5.21 Å². The van der Waals surface area contributed by atoms with E-state index in [0.29, 0.717) is 35.4 Å². The number of nitrogens with one attached hydrogen (secondary N) is 1. The Morgan fingerprint density at radius 2 is 2.00 bits per heavy atom. The molecule has 24 heavy (non-hydrogen) atoms. The van der Waals surface area contributed by atoms with Crippen molar-refractivity contribution in [2.45, 2.75) is 18.9 Å². The summed E-state index contributed by atoms with van der Waals surface area (Å²) in [7, 11) is 0. The Labute approximate surface area is 145 Å². The molecule has 0 bridgehead atoms. The maximum Gasteiger partial charge on any atom is 0.251 e. The quantitative estimate of drug-likeness (QED) is 0.451. The minimum absolute atomic E-state index is 0.122. The van der Waals surface area contributed by atoms with Crippen molar-refractivity contribution in [2.24, 2.45) is 0 Å². The van der Waals surface area contributed by atoms with Gasteiger partial charge in [0.15, 0.2) is 6.20 Å². The van der Waals surface area contributed by atoms with Gasteiger partial charge < -0.3 is 20.0 Å². The van der Waals surface area contributed by atoms with E-state index in [1.54, 1.807) is 36.4 Å². The number of amides is 1. The zero-order valence-corrected chi connectivity index (χ0v) is 14.5. The van der Waals surface area contributed by atoms with Crippen molar-refractivity contribution in [3.8, 4) is 11.5 Å². The van der Waals surface area contributed by atoms with Crippen molar-refractivity contribution in [2.75, 3.05) is 24.3 Å². The molecule has 7 heteroatoms. The smallest absolute Gasteiger partial charge is 0.251 e. The van der Waals surface area contributed by atoms with Gasteiger partial charge in [0.25, 0.3) is 5.03 Å². The van der Waals surface area contributed by atoms with Crippen molar-refractivity contribution in [3.63, 3.8) is 0 Å². The Kier molecular flexibility index (Phi) is 6.74. The van der Waals surface area contributed by atoms with E-state index in [9.17, 15) is 10.0 Å². The highest BCUT2D eigenvalue weighted by Gasteiger charge is 2.12. The molecule has 6 nitrogen and oxygen atoms in total. The normalized spacial score (nSPS) is 10.2. The van der Waals surface area contributed by atoms with Crippen LogP contribution in [0.4, 0.5) is 5.69 Å². The lowest BCUT2D eigenvalue weighted by atomic mass is 10.2. The number of hydrogen-bond acceptors (Lipinski definition) is 5. The van der Waals surface area contributed by atoms with Gasteiger partial charge in [-0.3, -0.25) is 4.79 Å². The summed E-state index contributed by atoms with van der Waals surface area (Å²) in [6, 6.07) is 10.4. The maximum atomic E-state index is 12.2. The SMILES string of the molecule is CCOc1ccc(OCC)c(NC(=O)CSc2cccc[n+]2[O-])c1. The Morgan fingerprint density at radius 1 is 1.21 bits per heavy atom. The number of hydrogen-bond donors (Lipinski definition) is 1. The van der Waals surface area contributed by atoms with E-state index in [4.69, 9.17) is 9.47 Å². The summed E-state index contributed by atoms with van der Waals surface area (Å²) in [4.78, 5) is 12.2. The second-order valence-electron chi connectivity index (χ2n) is 4.73. The molecule has 0 fully saturated rings. The summed E-state index contributed by atoms with van der Waals surface area (Å²) in [5.41, 5.74) is 0.552. The van der Waals surface area contributed by atoms with E-state index in [1.165, 1.54) is 18.0 Å². The first-order chi connectivity index (χ1) is 11.6. The first-order valence-corrected chi connectivity index (χ1v) is 8.63. The van der Waals surface area contributed by atoms with Crippen LogP contribution < -0.4 is 19.5 Å². The second-order valence-corrected chi connectivity index (χ2v) is 5.72. The van der Waals surface area contributed by atoms with E-state index in [2.05, 4.69) is 5.32 Å². The molecule has 1 aromatic heterocycles. The van der Waals surface area contributed by atoms with Crippen molar-refractivity contribution in [3.05, 3.63) is 47.8 Å². The number of nitrogens with zero attached hydrogens (tertiary/aromatic N) is 1. The van der Waals surface area contributed by atoms with Crippen molar-refractivity contribution in [1.82, 2.24) is 0 Å². The molecule has 0 unspecified atom stereocenters. The van der Waals surface area contributed by atoms with Crippen LogP contribution in [0.2, 0.25) is 0 Å². The zero-order valence-electron chi connectivity index (χ0n) is 13.7. The molecular weight excluding hydrogens is 328 g/mol. The lowest BCUT2D eigenvalue weighted by Gasteiger charge is -2.13. The fourth-order valence-electron chi connectivity index (χ4n) is 1.99. The third kappa shape index (κ3) is 5.06. The van der Waals surface area contributed by atoms with E-state index < -0.39 is 0 Å². The molecule has 2 rings (SSSR count). The van der Waals surface area contributed by atoms with E-state index in [-0.39, 0.29) is 11.7 Å². The molecule has 2 aromatic rings. The molecule has 0 aliphatic rings. The number of carbonyl (C=O) groups excluding carboxylic acids is 1. The van der Waals surface area contributed by atoms with Crippen molar-refractivity contribution >= 4 is 23.4 Å². The molecule has 1 heterocycles. The Morgan fingerprint density at radius 3 is 2.71 bits per heavy atom. The summed E-state index contributed by atoms with van der Waals surface area (Å²) in [6.07, 6.45) is 1.40. The van der Waals surface area contributed by atoms with Crippen LogP contribution in [0.25, 0.3) is 0 Å². The molecule has 0 saturated heterocycles. The van der Waals surface area contributed by atoms with Gasteiger partial charge in [-0.25, -0.2) is 0 Å². The Balaban J connectivity index is 2.04. The monoisotopic (exact) mass is 348 g/mol. The summed E-state index contributed by atoms with van der Waals surface area (Å²) >= 11 is 1.17. The number of benzene rings is 1. The number of ether oxygens (including phenoxy) is 2. The summed E-state index contributed by atoms with van der Waals surface area (Å²) in [6.45, 7) is 4.80. The number of rotatable bonds is 8. The highest BCUT2D eigenvalue weighted by molar-refractivity contribution is 7.99. The van der Waals surface area contributed by atoms with Crippen LogP contribution in [0.3, 0.4) is 0 Å². The van der Waals surface area contributed by atoms with E-state index in [1.807, 2.05) is 13.8 Å². The molecule has 128 valence electrons. The molecule has 0 aliphatic carbocycles. The molecule has 0 saturated carbocycles. The molecule has 1 aromatic carbocycles. The average Bonchev–Trinajstić information content (AvgIpc) is 2.57. The van der Waals surface area contributed by atoms with Crippen LogP contribution in [-0.4, -0.2) is 24.9 Å². The maximum absolute atomic E-state index is 12.2. The van der Waals surface area contributed by atoms with Crippen LogP contribution in [-0.2, 0) is 4.79 Å². The zero-order chi connectivity index (χ0) is 17.4. The van der Waals surface area contributed by atoms with Gasteiger partial charge in [0.2, 0.25) is 5.91 Å². The summed E-state index contributed by atoms with van der Waals surface area (Å²) in [5, 5.41) is 14.9. The van der Waals surface area contributed by atoms with Crippen molar-refractivity contribution in [1.29, 1.82) is 0 Å². The van der Waals surface area contributed by atoms with Crippen LogP contribution in [0.1, 0.15) is 13.8 Å². The molecule has 0 aliphatic heterocycles. The fraction of sp³-hybridized carbons (Fsp3) is 0.294. The fourth-order valence-corrected chi connectivity index (χ4v) is 2.71. The van der Waals surface area contributed by atoms with Crippen LogP contribution >= 0.6 is 11.8 Å². The highest BCUT2D eigenvalue weighted by atomic mass is 32.2.